The summed E-state index contributed by atoms with van der Waals surface area (Å²) in [6.07, 6.45) is 3.03. The van der Waals surface area contributed by atoms with Gasteiger partial charge in [-0.3, -0.25) is 0 Å². The molecule has 0 unspecified atom stereocenters. The van der Waals surface area contributed by atoms with Gasteiger partial charge < -0.3 is 5.73 Å². The SMILES string of the molecule is Cl.NCc1cccc(S(=O)(=O)N2CCCCC2)c1. The van der Waals surface area contributed by atoms with Crippen LogP contribution in [-0.2, 0) is 16.6 Å². The predicted octanol–water partition coefficient (Wildman–Crippen LogP) is 1.74. The maximum Gasteiger partial charge on any atom is 0.243 e. The molecule has 0 saturated carbocycles. The summed E-state index contributed by atoms with van der Waals surface area (Å²) in [6.45, 7) is 1.63. The number of piperidine rings is 1. The zero-order valence-corrected chi connectivity index (χ0v) is 11.8. The lowest BCUT2D eigenvalue weighted by Gasteiger charge is -2.26. The van der Waals surface area contributed by atoms with E-state index in [0.717, 1.165) is 24.8 Å². The largest absolute Gasteiger partial charge is 0.326 e. The first-order chi connectivity index (χ1) is 8.14. The first-order valence-electron chi connectivity index (χ1n) is 5.94. The van der Waals surface area contributed by atoms with E-state index in [4.69, 9.17) is 5.73 Å². The molecule has 0 atom stereocenters. The molecule has 4 nitrogen and oxygen atoms in total. The second-order valence-corrected chi connectivity index (χ2v) is 6.25. The molecule has 0 amide bonds. The molecule has 0 aliphatic carbocycles. The van der Waals surface area contributed by atoms with Gasteiger partial charge in [-0.1, -0.05) is 18.6 Å². The van der Waals surface area contributed by atoms with Gasteiger partial charge >= 0.3 is 0 Å². The van der Waals surface area contributed by atoms with Crippen molar-refractivity contribution in [2.75, 3.05) is 13.1 Å². The molecule has 1 fully saturated rings. The third-order valence-corrected chi connectivity index (χ3v) is 4.98. The van der Waals surface area contributed by atoms with Crippen LogP contribution >= 0.6 is 12.4 Å². The van der Waals surface area contributed by atoms with Gasteiger partial charge in [0, 0.05) is 19.6 Å². The highest BCUT2D eigenvalue weighted by Crippen LogP contribution is 2.21. The van der Waals surface area contributed by atoms with Crippen LogP contribution in [0.1, 0.15) is 24.8 Å². The maximum absolute atomic E-state index is 12.3. The van der Waals surface area contributed by atoms with Crippen molar-refractivity contribution >= 4 is 22.4 Å². The molecular formula is C12H19ClN2O2S. The fourth-order valence-electron chi connectivity index (χ4n) is 2.09. The van der Waals surface area contributed by atoms with Crippen molar-refractivity contribution in [2.45, 2.75) is 30.7 Å². The fourth-order valence-corrected chi connectivity index (χ4v) is 3.68. The number of hydrogen-bond donors (Lipinski definition) is 1. The summed E-state index contributed by atoms with van der Waals surface area (Å²) in [5, 5.41) is 0. The van der Waals surface area contributed by atoms with Crippen molar-refractivity contribution in [3.05, 3.63) is 29.8 Å². The lowest BCUT2D eigenvalue weighted by Crippen LogP contribution is -2.35. The zero-order chi connectivity index (χ0) is 12.3. The molecular weight excluding hydrogens is 272 g/mol. The molecule has 2 N–H and O–H groups in total. The minimum atomic E-state index is -3.32. The second-order valence-electron chi connectivity index (χ2n) is 4.32. The number of rotatable bonds is 3. The molecule has 1 aromatic rings. The molecule has 1 aliphatic rings. The van der Waals surface area contributed by atoms with Crippen LogP contribution in [0, 0.1) is 0 Å². The Labute approximate surface area is 115 Å². The summed E-state index contributed by atoms with van der Waals surface area (Å²) >= 11 is 0. The molecule has 0 spiro atoms. The summed E-state index contributed by atoms with van der Waals surface area (Å²) < 4.78 is 26.3. The average Bonchev–Trinajstić information content (AvgIpc) is 2.40. The van der Waals surface area contributed by atoms with Crippen LogP contribution in [0.3, 0.4) is 0 Å². The van der Waals surface area contributed by atoms with E-state index in [1.165, 1.54) is 0 Å². The first-order valence-corrected chi connectivity index (χ1v) is 7.38. The van der Waals surface area contributed by atoms with Gasteiger partial charge in [0.2, 0.25) is 10.0 Å². The number of nitrogens with two attached hydrogens (primary N) is 1. The maximum atomic E-state index is 12.3. The third kappa shape index (κ3) is 3.23. The Morgan fingerprint density at radius 2 is 1.83 bits per heavy atom. The van der Waals surface area contributed by atoms with Gasteiger partial charge in [0.25, 0.3) is 0 Å². The van der Waals surface area contributed by atoms with Crippen LogP contribution in [0.2, 0.25) is 0 Å². The standard InChI is InChI=1S/C12H18N2O2S.ClH/c13-10-11-5-4-6-12(9-11)17(15,16)14-7-2-1-3-8-14;/h4-6,9H,1-3,7-8,10,13H2;1H. The van der Waals surface area contributed by atoms with Gasteiger partial charge in [-0.25, -0.2) is 8.42 Å². The van der Waals surface area contributed by atoms with Gasteiger partial charge in [0.1, 0.15) is 0 Å². The van der Waals surface area contributed by atoms with Gasteiger partial charge in [0.05, 0.1) is 4.90 Å². The van der Waals surface area contributed by atoms with Crippen molar-refractivity contribution in [1.82, 2.24) is 4.31 Å². The highest BCUT2D eigenvalue weighted by molar-refractivity contribution is 7.89. The third-order valence-electron chi connectivity index (χ3n) is 3.09. The number of halogens is 1. The van der Waals surface area contributed by atoms with Crippen molar-refractivity contribution in [3.8, 4) is 0 Å². The zero-order valence-electron chi connectivity index (χ0n) is 10.2. The molecule has 2 rings (SSSR count). The molecule has 1 heterocycles. The molecule has 0 radical (unpaired) electrons. The second kappa shape index (κ2) is 6.52. The smallest absolute Gasteiger partial charge is 0.243 e. The fraction of sp³-hybridized carbons (Fsp3) is 0.500. The Hall–Kier alpha value is -0.620. The number of benzene rings is 1. The van der Waals surface area contributed by atoms with Crippen molar-refractivity contribution < 1.29 is 8.42 Å². The highest BCUT2D eigenvalue weighted by atomic mass is 35.5. The van der Waals surface area contributed by atoms with Gasteiger partial charge in [0.15, 0.2) is 0 Å². The van der Waals surface area contributed by atoms with E-state index in [1.54, 1.807) is 22.5 Å². The van der Waals surface area contributed by atoms with Gasteiger partial charge in [-0.2, -0.15) is 4.31 Å². The van der Waals surface area contributed by atoms with E-state index in [2.05, 4.69) is 0 Å². The molecule has 6 heteroatoms. The minimum Gasteiger partial charge on any atom is -0.326 e. The molecule has 18 heavy (non-hydrogen) atoms. The van der Waals surface area contributed by atoms with Crippen LogP contribution in [0.15, 0.2) is 29.2 Å². The molecule has 0 bridgehead atoms. The van der Waals surface area contributed by atoms with Crippen LogP contribution < -0.4 is 5.73 Å². The highest BCUT2D eigenvalue weighted by Gasteiger charge is 2.25. The monoisotopic (exact) mass is 290 g/mol. The predicted molar refractivity (Wildman–Crippen MR) is 74.2 cm³/mol. The summed E-state index contributed by atoms with van der Waals surface area (Å²) in [5.74, 6) is 0. The van der Waals surface area contributed by atoms with Crippen LogP contribution in [0.5, 0.6) is 0 Å². The van der Waals surface area contributed by atoms with Crippen molar-refractivity contribution in [2.24, 2.45) is 5.73 Å². The van der Waals surface area contributed by atoms with Gasteiger partial charge in [-0.15, -0.1) is 12.4 Å². The Kier molecular flexibility index (Phi) is 5.59. The van der Waals surface area contributed by atoms with Crippen LogP contribution in [-0.4, -0.2) is 25.8 Å². The molecule has 1 aliphatic heterocycles. The Bertz CT molecular complexity index is 485. The molecule has 102 valence electrons. The molecule has 0 aromatic heterocycles. The molecule has 1 aromatic carbocycles. The van der Waals surface area contributed by atoms with Gasteiger partial charge in [-0.05, 0) is 30.5 Å². The summed E-state index contributed by atoms with van der Waals surface area (Å²) in [5.41, 5.74) is 6.38. The van der Waals surface area contributed by atoms with Crippen molar-refractivity contribution in [1.29, 1.82) is 0 Å². The topological polar surface area (TPSA) is 63.4 Å². The normalized spacial score (nSPS) is 17.2. The number of nitrogens with zero attached hydrogens (tertiary/aromatic N) is 1. The number of sulfonamides is 1. The van der Waals surface area contributed by atoms with E-state index in [0.29, 0.717) is 24.5 Å². The Balaban J connectivity index is 0.00000162. The van der Waals surface area contributed by atoms with Crippen LogP contribution in [0.25, 0.3) is 0 Å². The van der Waals surface area contributed by atoms with E-state index in [1.807, 2.05) is 6.07 Å². The quantitative estimate of drug-likeness (QED) is 0.922. The first kappa shape index (κ1) is 15.4. The lowest BCUT2D eigenvalue weighted by molar-refractivity contribution is 0.346. The van der Waals surface area contributed by atoms with Crippen LogP contribution in [0.4, 0.5) is 0 Å². The summed E-state index contributed by atoms with van der Waals surface area (Å²) in [4.78, 5) is 0.363. The van der Waals surface area contributed by atoms with E-state index in [9.17, 15) is 8.42 Å². The Morgan fingerprint density at radius 3 is 2.44 bits per heavy atom. The molecule has 1 saturated heterocycles. The number of hydrogen-bond acceptors (Lipinski definition) is 3. The summed E-state index contributed by atoms with van der Waals surface area (Å²) in [6, 6.07) is 6.90. The van der Waals surface area contributed by atoms with E-state index in [-0.39, 0.29) is 12.4 Å². The van der Waals surface area contributed by atoms with Crippen molar-refractivity contribution in [3.63, 3.8) is 0 Å². The lowest BCUT2D eigenvalue weighted by atomic mass is 10.2. The Morgan fingerprint density at radius 1 is 1.17 bits per heavy atom. The average molecular weight is 291 g/mol. The minimum absolute atomic E-state index is 0. The summed E-state index contributed by atoms with van der Waals surface area (Å²) in [7, 11) is -3.32. The van der Waals surface area contributed by atoms with E-state index >= 15 is 0 Å². The van der Waals surface area contributed by atoms with E-state index < -0.39 is 10.0 Å².